The molecular formula is C19H24N4O2. The van der Waals surface area contributed by atoms with Crippen LogP contribution >= 0.6 is 0 Å². The van der Waals surface area contributed by atoms with Gasteiger partial charge in [-0.15, -0.1) is 0 Å². The highest BCUT2D eigenvalue weighted by Crippen LogP contribution is 2.29. The summed E-state index contributed by atoms with van der Waals surface area (Å²) < 4.78 is 5.49. The maximum Gasteiger partial charge on any atom is 0.211 e. The fourth-order valence-electron chi connectivity index (χ4n) is 3.21. The smallest absolute Gasteiger partial charge is 0.211 e. The molecule has 2 aromatic heterocycles. The first-order chi connectivity index (χ1) is 12.0. The molecule has 3 heterocycles. The number of amides is 1. The first-order valence-corrected chi connectivity index (χ1v) is 8.37. The van der Waals surface area contributed by atoms with Gasteiger partial charge in [0.2, 0.25) is 6.41 Å². The van der Waals surface area contributed by atoms with E-state index in [2.05, 4.69) is 41.1 Å². The molecule has 1 aliphatic heterocycles. The number of H-pyrrole nitrogens is 1. The zero-order chi connectivity index (χ0) is 17.9. The van der Waals surface area contributed by atoms with Crippen LogP contribution in [0.3, 0.4) is 0 Å². The number of pyridine rings is 1. The van der Waals surface area contributed by atoms with Crippen molar-refractivity contribution in [2.75, 3.05) is 32.1 Å². The third kappa shape index (κ3) is 3.97. The number of benzene rings is 1. The molecule has 0 aliphatic carbocycles. The monoisotopic (exact) mass is 340 g/mol. The number of nitrogens with one attached hydrogen (secondary N) is 2. The second-order valence-electron chi connectivity index (χ2n) is 6.88. The molecule has 4 rings (SSSR count). The van der Waals surface area contributed by atoms with Crippen LogP contribution in [0.2, 0.25) is 0 Å². The standard InChI is InChI=1S/C12H9N3O.C7H15NO/c16-7-14-10-3-1-2-9-8-4-5-13-6-11(8)15-12(9)10;1-7(2)6-8(3)4-5-9-7/h1-7,15H,(H,14,16);4-6H2,1-3H3. The van der Waals surface area contributed by atoms with E-state index in [1.807, 2.05) is 24.3 Å². The van der Waals surface area contributed by atoms with Gasteiger partial charge < -0.3 is 19.9 Å². The molecule has 1 aliphatic rings. The summed E-state index contributed by atoms with van der Waals surface area (Å²) in [6.45, 7) is 7.26. The third-order valence-corrected chi connectivity index (χ3v) is 4.27. The van der Waals surface area contributed by atoms with Crippen LogP contribution in [-0.2, 0) is 9.53 Å². The molecule has 0 radical (unpaired) electrons. The summed E-state index contributed by atoms with van der Waals surface area (Å²) in [6, 6.07) is 7.75. The Balaban J connectivity index is 0.000000173. The third-order valence-electron chi connectivity index (χ3n) is 4.27. The van der Waals surface area contributed by atoms with E-state index < -0.39 is 0 Å². The molecule has 1 amide bonds. The van der Waals surface area contributed by atoms with Gasteiger partial charge in [0, 0.05) is 30.1 Å². The number of ether oxygens (including phenoxy) is 1. The summed E-state index contributed by atoms with van der Waals surface area (Å²) >= 11 is 0. The summed E-state index contributed by atoms with van der Waals surface area (Å²) in [5.41, 5.74) is 2.76. The van der Waals surface area contributed by atoms with E-state index in [4.69, 9.17) is 4.74 Å². The van der Waals surface area contributed by atoms with Crippen LogP contribution in [0.1, 0.15) is 13.8 Å². The Kier molecular flexibility index (Phi) is 5.01. The van der Waals surface area contributed by atoms with Gasteiger partial charge in [-0.2, -0.15) is 0 Å². The van der Waals surface area contributed by atoms with Crippen molar-refractivity contribution >= 4 is 33.9 Å². The second kappa shape index (κ2) is 7.21. The number of fused-ring (bicyclic) bond motifs is 3. The van der Waals surface area contributed by atoms with Crippen LogP contribution in [0, 0.1) is 0 Å². The van der Waals surface area contributed by atoms with Crippen molar-refractivity contribution < 1.29 is 9.53 Å². The normalized spacial score (nSPS) is 17.1. The number of rotatable bonds is 2. The number of hydrogen-bond donors (Lipinski definition) is 2. The van der Waals surface area contributed by atoms with Crippen molar-refractivity contribution in [1.29, 1.82) is 0 Å². The predicted octanol–water partition coefficient (Wildman–Crippen LogP) is 3.01. The summed E-state index contributed by atoms with van der Waals surface area (Å²) in [4.78, 5) is 20.1. The predicted molar refractivity (Wildman–Crippen MR) is 101 cm³/mol. The molecule has 0 bridgehead atoms. The second-order valence-corrected chi connectivity index (χ2v) is 6.88. The SMILES string of the molecule is CN1CCOC(C)(C)C1.O=CNc1cccc2c1[nH]c1cnccc12. The van der Waals surface area contributed by atoms with Gasteiger partial charge in [0.15, 0.2) is 0 Å². The molecule has 1 aromatic carbocycles. The van der Waals surface area contributed by atoms with Crippen LogP contribution in [0.5, 0.6) is 0 Å². The molecule has 0 saturated carbocycles. The fraction of sp³-hybridized carbons (Fsp3) is 0.368. The van der Waals surface area contributed by atoms with Gasteiger partial charge >= 0.3 is 0 Å². The minimum atomic E-state index is 0.0764. The summed E-state index contributed by atoms with van der Waals surface area (Å²) in [7, 11) is 2.13. The summed E-state index contributed by atoms with van der Waals surface area (Å²) in [6.07, 6.45) is 4.22. The van der Waals surface area contributed by atoms with Crippen LogP contribution in [0.25, 0.3) is 21.8 Å². The Morgan fingerprint density at radius 2 is 2.16 bits per heavy atom. The van der Waals surface area contributed by atoms with Gasteiger partial charge in [-0.05, 0) is 33.0 Å². The average Bonchev–Trinajstić information content (AvgIpc) is 2.94. The Hall–Kier alpha value is -2.44. The molecular weight excluding hydrogens is 316 g/mol. The Morgan fingerprint density at radius 3 is 2.84 bits per heavy atom. The number of nitrogens with zero attached hydrogens (tertiary/aromatic N) is 2. The van der Waals surface area contributed by atoms with Crippen LogP contribution in [0.15, 0.2) is 36.7 Å². The lowest BCUT2D eigenvalue weighted by Gasteiger charge is -2.35. The molecule has 0 spiro atoms. The number of carbonyl (C=O) groups is 1. The largest absolute Gasteiger partial charge is 0.373 e. The zero-order valence-electron chi connectivity index (χ0n) is 14.9. The minimum Gasteiger partial charge on any atom is -0.373 e. The molecule has 2 N–H and O–H groups in total. The van der Waals surface area contributed by atoms with Gasteiger partial charge in [0.25, 0.3) is 0 Å². The fourth-order valence-corrected chi connectivity index (χ4v) is 3.21. The lowest BCUT2D eigenvalue weighted by atomic mass is 10.1. The van der Waals surface area contributed by atoms with Crippen LogP contribution in [-0.4, -0.2) is 53.6 Å². The van der Waals surface area contributed by atoms with Crippen LogP contribution in [0.4, 0.5) is 5.69 Å². The highest BCUT2D eigenvalue weighted by Gasteiger charge is 2.24. The molecule has 6 nitrogen and oxygen atoms in total. The molecule has 3 aromatic rings. The van der Waals surface area contributed by atoms with Gasteiger partial charge in [-0.1, -0.05) is 12.1 Å². The van der Waals surface area contributed by atoms with Gasteiger partial charge in [-0.25, -0.2) is 0 Å². The molecule has 0 unspecified atom stereocenters. The molecule has 25 heavy (non-hydrogen) atoms. The number of aromatic amines is 1. The van der Waals surface area contributed by atoms with Crippen molar-refractivity contribution in [2.24, 2.45) is 0 Å². The zero-order valence-corrected chi connectivity index (χ0v) is 14.9. The molecule has 1 fully saturated rings. The number of likely N-dealkylation sites (N-methyl/N-ethyl adjacent to an activating group) is 1. The van der Waals surface area contributed by atoms with E-state index in [0.29, 0.717) is 6.41 Å². The average molecular weight is 340 g/mol. The van der Waals surface area contributed by atoms with Crippen molar-refractivity contribution in [1.82, 2.24) is 14.9 Å². The van der Waals surface area contributed by atoms with E-state index in [1.165, 1.54) is 0 Å². The van der Waals surface area contributed by atoms with Crippen molar-refractivity contribution in [3.8, 4) is 0 Å². The minimum absolute atomic E-state index is 0.0764. The molecule has 132 valence electrons. The highest BCUT2D eigenvalue weighted by molar-refractivity contribution is 6.11. The highest BCUT2D eigenvalue weighted by atomic mass is 16.5. The number of hydrogen-bond acceptors (Lipinski definition) is 4. The first kappa shape index (κ1) is 17.4. The topological polar surface area (TPSA) is 70.2 Å². The summed E-state index contributed by atoms with van der Waals surface area (Å²) in [5.74, 6) is 0. The van der Waals surface area contributed by atoms with E-state index in [9.17, 15) is 4.79 Å². The number of para-hydroxylation sites is 1. The van der Waals surface area contributed by atoms with E-state index in [0.717, 1.165) is 47.2 Å². The van der Waals surface area contributed by atoms with Gasteiger partial charge in [0.1, 0.15) is 0 Å². The molecule has 6 heteroatoms. The lowest BCUT2D eigenvalue weighted by Crippen LogP contribution is -2.46. The Bertz CT molecular complexity index is 872. The number of aromatic nitrogens is 2. The van der Waals surface area contributed by atoms with Crippen molar-refractivity contribution in [2.45, 2.75) is 19.4 Å². The number of morpholine rings is 1. The van der Waals surface area contributed by atoms with E-state index in [-0.39, 0.29) is 5.60 Å². The van der Waals surface area contributed by atoms with E-state index in [1.54, 1.807) is 12.4 Å². The van der Waals surface area contributed by atoms with Crippen LogP contribution < -0.4 is 5.32 Å². The maximum atomic E-state index is 10.5. The van der Waals surface area contributed by atoms with E-state index >= 15 is 0 Å². The Labute approximate surface area is 147 Å². The van der Waals surface area contributed by atoms with Gasteiger partial charge in [-0.3, -0.25) is 9.78 Å². The number of anilines is 1. The maximum absolute atomic E-state index is 10.5. The quantitative estimate of drug-likeness (QED) is 0.704. The Morgan fingerprint density at radius 1 is 1.32 bits per heavy atom. The van der Waals surface area contributed by atoms with Gasteiger partial charge in [0.05, 0.1) is 35.1 Å². The first-order valence-electron chi connectivity index (χ1n) is 8.37. The molecule has 1 saturated heterocycles. The number of carbonyl (C=O) groups excluding carboxylic acids is 1. The molecule has 0 atom stereocenters. The summed E-state index contributed by atoms with van der Waals surface area (Å²) in [5, 5.41) is 4.88. The van der Waals surface area contributed by atoms with Crippen molar-refractivity contribution in [3.63, 3.8) is 0 Å². The lowest BCUT2D eigenvalue weighted by molar-refractivity contribution is -0.105. The van der Waals surface area contributed by atoms with Crippen molar-refractivity contribution in [3.05, 3.63) is 36.7 Å².